The first-order chi connectivity index (χ1) is 13.1. The van der Waals surface area contributed by atoms with Gasteiger partial charge in [-0.2, -0.15) is 5.10 Å². The molecule has 0 spiro atoms. The quantitative estimate of drug-likeness (QED) is 0.424. The first-order valence-corrected chi connectivity index (χ1v) is 8.89. The minimum absolute atomic E-state index is 0.171. The third-order valence-corrected chi connectivity index (χ3v) is 4.65. The van der Waals surface area contributed by atoms with Gasteiger partial charge in [0.25, 0.3) is 11.5 Å². The normalized spacial score (nSPS) is 15.6. The number of aromatic amines is 1. The fraction of sp³-hybridized carbons (Fsp3) is 0.389. The van der Waals surface area contributed by atoms with Crippen molar-refractivity contribution >= 4 is 12.1 Å². The Labute approximate surface area is 154 Å². The number of hydrogen-bond acceptors (Lipinski definition) is 6. The van der Waals surface area contributed by atoms with Crippen molar-refractivity contribution in [3.05, 3.63) is 56.5 Å². The first-order valence-electron chi connectivity index (χ1n) is 8.89. The summed E-state index contributed by atoms with van der Waals surface area (Å²) in [5.41, 5.74) is 1.06. The predicted molar refractivity (Wildman–Crippen MR) is 99.0 cm³/mol. The maximum absolute atomic E-state index is 12.2. The summed E-state index contributed by atoms with van der Waals surface area (Å²) in [4.78, 5) is 42.3. The first kappa shape index (κ1) is 18.6. The average Bonchev–Trinajstić information content (AvgIpc) is 2.94. The topological polar surface area (TPSA) is 129 Å². The molecule has 0 radical (unpaired) electrons. The van der Waals surface area contributed by atoms with Gasteiger partial charge in [-0.15, -0.1) is 0 Å². The smallest absolute Gasteiger partial charge is 0.331 e. The Morgan fingerprint density at radius 3 is 2.56 bits per heavy atom. The van der Waals surface area contributed by atoms with Gasteiger partial charge in [-0.25, -0.2) is 10.2 Å². The zero-order valence-corrected chi connectivity index (χ0v) is 14.7. The van der Waals surface area contributed by atoms with Gasteiger partial charge in [0.2, 0.25) is 5.88 Å². The fourth-order valence-corrected chi connectivity index (χ4v) is 3.25. The van der Waals surface area contributed by atoms with Crippen LogP contribution in [0.2, 0.25) is 0 Å². The summed E-state index contributed by atoms with van der Waals surface area (Å²) in [7, 11) is 0. The van der Waals surface area contributed by atoms with Gasteiger partial charge in [-0.05, 0) is 25.0 Å². The van der Waals surface area contributed by atoms with E-state index in [2.05, 4.69) is 20.5 Å². The zero-order chi connectivity index (χ0) is 19.2. The number of hydrazone groups is 1. The second-order valence-corrected chi connectivity index (χ2v) is 6.45. The Kier molecular flexibility index (Phi) is 5.80. The fourth-order valence-electron chi connectivity index (χ4n) is 3.25. The molecule has 2 aromatic heterocycles. The molecule has 27 heavy (non-hydrogen) atoms. The predicted octanol–water partition coefficient (Wildman–Crippen LogP) is 1.30. The summed E-state index contributed by atoms with van der Waals surface area (Å²) in [6, 6.07) is 2.86. The molecule has 1 fully saturated rings. The average molecular weight is 371 g/mol. The molecule has 142 valence electrons. The minimum Gasteiger partial charge on any atom is -0.494 e. The molecule has 0 saturated heterocycles. The van der Waals surface area contributed by atoms with Crippen molar-refractivity contribution in [3.63, 3.8) is 0 Å². The van der Waals surface area contributed by atoms with Crippen LogP contribution in [0.3, 0.4) is 0 Å². The maximum Gasteiger partial charge on any atom is 0.331 e. The largest absolute Gasteiger partial charge is 0.494 e. The lowest BCUT2D eigenvalue weighted by molar-refractivity contribution is 0.0955. The van der Waals surface area contributed by atoms with Crippen LogP contribution in [-0.2, 0) is 0 Å². The van der Waals surface area contributed by atoms with E-state index in [9.17, 15) is 19.5 Å². The second kappa shape index (κ2) is 8.43. The molecule has 9 heteroatoms. The third kappa shape index (κ3) is 4.30. The van der Waals surface area contributed by atoms with Crippen LogP contribution in [-0.4, -0.2) is 31.8 Å². The summed E-state index contributed by atoms with van der Waals surface area (Å²) in [6.07, 6.45) is 9.59. The number of H-pyrrole nitrogens is 1. The van der Waals surface area contributed by atoms with E-state index < -0.39 is 23.0 Å². The number of carbonyl (C=O) groups is 1. The van der Waals surface area contributed by atoms with Crippen molar-refractivity contribution in [1.29, 1.82) is 0 Å². The van der Waals surface area contributed by atoms with Crippen LogP contribution in [0.25, 0.3) is 0 Å². The number of aromatic hydroxyl groups is 1. The molecular weight excluding hydrogens is 350 g/mol. The van der Waals surface area contributed by atoms with E-state index in [4.69, 9.17) is 0 Å². The lowest BCUT2D eigenvalue weighted by atomic mass is 10.1. The Morgan fingerprint density at radius 2 is 1.89 bits per heavy atom. The van der Waals surface area contributed by atoms with E-state index in [1.165, 1.54) is 29.1 Å². The van der Waals surface area contributed by atoms with Crippen molar-refractivity contribution < 1.29 is 9.90 Å². The summed E-state index contributed by atoms with van der Waals surface area (Å²) < 4.78 is 1.22. The molecule has 1 amide bonds. The van der Waals surface area contributed by atoms with Crippen molar-refractivity contribution in [2.75, 3.05) is 0 Å². The van der Waals surface area contributed by atoms with Gasteiger partial charge in [0.1, 0.15) is 5.56 Å². The van der Waals surface area contributed by atoms with Crippen LogP contribution in [0.4, 0.5) is 0 Å². The van der Waals surface area contributed by atoms with E-state index in [1.807, 2.05) is 0 Å². The van der Waals surface area contributed by atoms with Gasteiger partial charge in [-0.1, -0.05) is 25.7 Å². The van der Waals surface area contributed by atoms with E-state index >= 15 is 0 Å². The lowest BCUT2D eigenvalue weighted by Gasteiger charge is -2.19. The highest BCUT2D eigenvalue weighted by molar-refractivity contribution is 5.94. The molecule has 9 nitrogen and oxygen atoms in total. The molecule has 0 unspecified atom stereocenters. The highest BCUT2D eigenvalue weighted by Crippen LogP contribution is 2.28. The van der Waals surface area contributed by atoms with Gasteiger partial charge in [0, 0.05) is 24.0 Å². The summed E-state index contributed by atoms with van der Waals surface area (Å²) in [5, 5.41) is 14.2. The van der Waals surface area contributed by atoms with Crippen LogP contribution in [0, 0.1) is 0 Å². The molecule has 2 heterocycles. The SMILES string of the molecule is O=C(N/N=C\c1c(O)n(C2CCCCCC2)c(=O)[nH]c1=O)c1ccncc1. The van der Waals surface area contributed by atoms with Crippen molar-refractivity contribution in [2.24, 2.45) is 5.10 Å². The number of pyridine rings is 1. The number of hydrogen-bond donors (Lipinski definition) is 3. The van der Waals surface area contributed by atoms with Gasteiger partial charge in [0.05, 0.1) is 6.21 Å². The number of amides is 1. The molecule has 2 aromatic rings. The number of aromatic nitrogens is 3. The highest BCUT2D eigenvalue weighted by atomic mass is 16.3. The molecular formula is C18H21N5O4. The van der Waals surface area contributed by atoms with Gasteiger partial charge in [0.15, 0.2) is 0 Å². The molecule has 1 saturated carbocycles. The molecule has 1 aliphatic rings. The maximum atomic E-state index is 12.2. The summed E-state index contributed by atoms with van der Waals surface area (Å²) in [5.74, 6) is -0.917. The Hall–Kier alpha value is -3.23. The van der Waals surface area contributed by atoms with Gasteiger partial charge in [-0.3, -0.25) is 24.1 Å². The van der Waals surface area contributed by atoms with Crippen LogP contribution < -0.4 is 16.7 Å². The van der Waals surface area contributed by atoms with Crippen LogP contribution in [0.1, 0.15) is 60.5 Å². The van der Waals surface area contributed by atoms with Crippen molar-refractivity contribution in [3.8, 4) is 5.88 Å². The number of carbonyl (C=O) groups excluding carboxylic acids is 1. The lowest BCUT2D eigenvalue weighted by Crippen LogP contribution is -2.34. The van der Waals surface area contributed by atoms with Crippen LogP contribution >= 0.6 is 0 Å². The Balaban J connectivity index is 1.85. The minimum atomic E-state index is -0.760. The Bertz CT molecular complexity index is 940. The highest BCUT2D eigenvalue weighted by Gasteiger charge is 2.21. The third-order valence-electron chi connectivity index (χ3n) is 4.65. The number of rotatable bonds is 4. The molecule has 1 aliphatic carbocycles. The summed E-state index contributed by atoms with van der Waals surface area (Å²) in [6.45, 7) is 0. The standard InChI is InChI=1S/C18H21N5O4/c24-15(12-7-9-19-10-8-12)22-20-11-14-16(25)21-18(27)23(17(14)26)13-5-3-1-2-4-6-13/h7-11,13,26H,1-6H2,(H,22,24)(H,21,25,27)/b20-11-. The van der Waals surface area contributed by atoms with Crippen LogP contribution in [0.15, 0.2) is 39.2 Å². The molecule has 3 N–H and O–H groups in total. The molecule has 0 atom stereocenters. The van der Waals surface area contributed by atoms with E-state index in [-0.39, 0.29) is 11.6 Å². The van der Waals surface area contributed by atoms with E-state index in [1.54, 1.807) is 0 Å². The number of nitrogens with one attached hydrogen (secondary N) is 2. The molecule has 3 rings (SSSR count). The van der Waals surface area contributed by atoms with Crippen molar-refractivity contribution in [1.82, 2.24) is 20.0 Å². The molecule has 0 bridgehead atoms. The van der Waals surface area contributed by atoms with Gasteiger partial charge < -0.3 is 5.11 Å². The monoisotopic (exact) mass is 371 g/mol. The number of nitrogens with zero attached hydrogens (tertiary/aromatic N) is 3. The zero-order valence-electron chi connectivity index (χ0n) is 14.7. The van der Waals surface area contributed by atoms with E-state index in [0.29, 0.717) is 5.56 Å². The van der Waals surface area contributed by atoms with Crippen molar-refractivity contribution in [2.45, 2.75) is 44.6 Å². The van der Waals surface area contributed by atoms with Crippen LogP contribution in [0.5, 0.6) is 5.88 Å². The molecule has 0 aliphatic heterocycles. The van der Waals surface area contributed by atoms with E-state index in [0.717, 1.165) is 44.7 Å². The van der Waals surface area contributed by atoms with Gasteiger partial charge >= 0.3 is 5.69 Å². The molecule has 0 aromatic carbocycles. The second-order valence-electron chi connectivity index (χ2n) is 6.45. The Morgan fingerprint density at radius 1 is 1.22 bits per heavy atom. The summed E-state index contributed by atoms with van der Waals surface area (Å²) >= 11 is 0.